The number of nitrogens with one attached hydrogen (secondary N) is 1. The van der Waals surface area contributed by atoms with E-state index in [-0.39, 0.29) is 11.9 Å². The van der Waals surface area contributed by atoms with Crippen LogP contribution in [0.4, 0.5) is 4.39 Å². The Labute approximate surface area is 121 Å². The van der Waals surface area contributed by atoms with Gasteiger partial charge in [0.2, 0.25) is 0 Å². The number of aromatic nitrogens is 1. The van der Waals surface area contributed by atoms with Crippen LogP contribution in [0.15, 0.2) is 36.5 Å². The van der Waals surface area contributed by atoms with E-state index in [2.05, 4.69) is 10.3 Å². The monoisotopic (exact) mass is 298 g/mol. The highest BCUT2D eigenvalue weighted by Crippen LogP contribution is 2.23. The highest BCUT2D eigenvalue weighted by molar-refractivity contribution is 6.31. The lowest BCUT2D eigenvalue weighted by atomic mass is 10.0. The first-order valence-electron chi connectivity index (χ1n) is 5.83. The molecule has 1 aromatic heterocycles. The summed E-state index contributed by atoms with van der Waals surface area (Å²) < 4.78 is 13.0. The van der Waals surface area contributed by atoms with Gasteiger partial charge in [-0.25, -0.2) is 4.39 Å². The minimum atomic E-state index is -0.334. The van der Waals surface area contributed by atoms with Gasteiger partial charge < -0.3 is 5.32 Å². The molecule has 0 spiro atoms. The van der Waals surface area contributed by atoms with Gasteiger partial charge in [-0.05, 0) is 43.3 Å². The minimum Gasteiger partial charge on any atom is -0.311 e. The standard InChI is InChI=1S/C14H13Cl2FN2/c1-18-14(13-5-3-10(15)8-19-13)6-9-2-4-11(17)7-12(9)16/h2-5,7-8,14,18H,6H2,1H3. The van der Waals surface area contributed by atoms with Gasteiger partial charge in [0.1, 0.15) is 5.82 Å². The minimum absolute atomic E-state index is 0.000211. The Morgan fingerprint density at radius 3 is 2.63 bits per heavy atom. The number of nitrogens with zero attached hydrogens (tertiary/aromatic N) is 1. The van der Waals surface area contributed by atoms with E-state index in [0.29, 0.717) is 16.5 Å². The van der Waals surface area contributed by atoms with Crippen molar-refractivity contribution in [3.05, 3.63) is 63.6 Å². The smallest absolute Gasteiger partial charge is 0.124 e. The van der Waals surface area contributed by atoms with Crippen molar-refractivity contribution in [1.29, 1.82) is 0 Å². The lowest BCUT2D eigenvalue weighted by Crippen LogP contribution is -2.20. The number of hydrogen-bond donors (Lipinski definition) is 1. The summed E-state index contributed by atoms with van der Waals surface area (Å²) in [5, 5.41) is 4.19. The Hall–Kier alpha value is -1.16. The van der Waals surface area contributed by atoms with Gasteiger partial charge in [0, 0.05) is 11.2 Å². The van der Waals surface area contributed by atoms with Gasteiger partial charge in [0.05, 0.1) is 16.8 Å². The molecule has 0 saturated carbocycles. The third-order valence-electron chi connectivity index (χ3n) is 2.89. The molecular weight excluding hydrogens is 286 g/mol. The molecule has 0 fully saturated rings. The van der Waals surface area contributed by atoms with Crippen molar-refractivity contribution in [2.75, 3.05) is 7.05 Å². The fourth-order valence-electron chi connectivity index (χ4n) is 1.86. The molecule has 2 rings (SSSR count). The summed E-state index contributed by atoms with van der Waals surface area (Å²) in [6.07, 6.45) is 2.23. The van der Waals surface area contributed by atoms with E-state index in [4.69, 9.17) is 23.2 Å². The van der Waals surface area contributed by atoms with E-state index in [0.717, 1.165) is 11.3 Å². The third-order valence-corrected chi connectivity index (χ3v) is 3.47. The van der Waals surface area contributed by atoms with Crippen LogP contribution in [0, 0.1) is 5.82 Å². The van der Waals surface area contributed by atoms with Crippen molar-refractivity contribution >= 4 is 23.2 Å². The predicted molar refractivity (Wildman–Crippen MR) is 76.2 cm³/mol. The maximum absolute atomic E-state index is 13.0. The molecule has 1 heterocycles. The average Bonchev–Trinajstić information content (AvgIpc) is 2.39. The highest BCUT2D eigenvalue weighted by atomic mass is 35.5. The number of rotatable bonds is 4. The maximum atomic E-state index is 13.0. The van der Waals surface area contributed by atoms with Crippen LogP contribution in [0.2, 0.25) is 10.0 Å². The highest BCUT2D eigenvalue weighted by Gasteiger charge is 2.13. The van der Waals surface area contributed by atoms with Gasteiger partial charge in [-0.2, -0.15) is 0 Å². The van der Waals surface area contributed by atoms with Crippen LogP contribution >= 0.6 is 23.2 Å². The molecule has 0 bridgehead atoms. The third kappa shape index (κ3) is 3.66. The summed E-state index contributed by atoms with van der Waals surface area (Å²) in [6.45, 7) is 0. The molecule has 100 valence electrons. The molecule has 19 heavy (non-hydrogen) atoms. The SMILES string of the molecule is CNC(Cc1ccc(F)cc1Cl)c1ccc(Cl)cn1. The second-order valence-electron chi connectivity index (χ2n) is 4.18. The molecule has 0 aliphatic rings. The lowest BCUT2D eigenvalue weighted by molar-refractivity contribution is 0.574. The largest absolute Gasteiger partial charge is 0.311 e. The van der Waals surface area contributed by atoms with Crippen molar-refractivity contribution in [1.82, 2.24) is 10.3 Å². The van der Waals surface area contributed by atoms with Gasteiger partial charge >= 0.3 is 0 Å². The fourth-order valence-corrected chi connectivity index (χ4v) is 2.21. The second-order valence-corrected chi connectivity index (χ2v) is 5.03. The number of hydrogen-bond acceptors (Lipinski definition) is 2. The van der Waals surface area contributed by atoms with E-state index in [1.165, 1.54) is 12.1 Å². The van der Waals surface area contributed by atoms with Gasteiger partial charge in [-0.1, -0.05) is 29.3 Å². The van der Waals surface area contributed by atoms with Crippen LogP contribution < -0.4 is 5.32 Å². The Morgan fingerprint density at radius 1 is 1.26 bits per heavy atom. The first-order chi connectivity index (χ1) is 9.10. The summed E-state index contributed by atoms with van der Waals surface area (Å²) in [4.78, 5) is 4.28. The Bertz CT molecular complexity index is 558. The van der Waals surface area contributed by atoms with E-state index in [1.54, 1.807) is 18.3 Å². The van der Waals surface area contributed by atoms with E-state index in [9.17, 15) is 4.39 Å². The molecule has 5 heteroatoms. The zero-order chi connectivity index (χ0) is 13.8. The molecule has 1 unspecified atom stereocenters. The molecule has 0 radical (unpaired) electrons. The van der Waals surface area contributed by atoms with E-state index >= 15 is 0 Å². The number of pyridine rings is 1. The maximum Gasteiger partial charge on any atom is 0.124 e. The topological polar surface area (TPSA) is 24.9 Å². The zero-order valence-corrected chi connectivity index (χ0v) is 11.8. The molecular formula is C14H13Cl2FN2. The average molecular weight is 299 g/mol. The van der Waals surface area contributed by atoms with Gasteiger partial charge in [0.15, 0.2) is 0 Å². The fraction of sp³-hybridized carbons (Fsp3) is 0.214. The molecule has 0 aliphatic carbocycles. The number of benzene rings is 1. The van der Waals surface area contributed by atoms with Crippen molar-refractivity contribution in [3.8, 4) is 0 Å². The van der Waals surface area contributed by atoms with Crippen molar-refractivity contribution in [2.24, 2.45) is 0 Å². The number of likely N-dealkylation sites (N-methyl/N-ethyl adjacent to an activating group) is 1. The molecule has 1 N–H and O–H groups in total. The predicted octanol–water partition coefficient (Wildman–Crippen LogP) is 4.03. The van der Waals surface area contributed by atoms with Crippen LogP contribution in [-0.4, -0.2) is 12.0 Å². The van der Waals surface area contributed by atoms with E-state index < -0.39 is 0 Å². The van der Waals surface area contributed by atoms with Crippen molar-refractivity contribution in [2.45, 2.75) is 12.5 Å². The molecule has 0 amide bonds. The Kier molecular flexibility index (Phi) is 4.75. The lowest BCUT2D eigenvalue weighted by Gasteiger charge is -2.16. The normalized spacial score (nSPS) is 12.4. The van der Waals surface area contributed by atoms with Gasteiger partial charge in [0.25, 0.3) is 0 Å². The quantitative estimate of drug-likeness (QED) is 0.922. The van der Waals surface area contributed by atoms with E-state index in [1.807, 2.05) is 13.1 Å². The first kappa shape index (κ1) is 14.3. The van der Waals surface area contributed by atoms with Crippen LogP contribution in [0.5, 0.6) is 0 Å². The van der Waals surface area contributed by atoms with Crippen molar-refractivity contribution < 1.29 is 4.39 Å². The molecule has 2 nitrogen and oxygen atoms in total. The molecule has 2 aromatic rings. The van der Waals surface area contributed by atoms with Crippen molar-refractivity contribution in [3.63, 3.8) is 0 Å². The Morgan fingerprint density at radius 2 is 2.05 bits per heavy atom. The van der Waals surface area contributed by atoms with Crippen LogP contribution in [-0.2, 0) is 6.42 Å². The van der Waals surface area contributed by atoms with Crippen LogP contribution in [0.25, 0.3) is 0 Å². The van der Waals surface area contributed by atoms with Crippen LogP contribution in [0.1, 0.15) is 17.3 Å². The molecule has 0 aliphatic heterocycles. The van der Waals surface area contributed by atoms with Gasteiger partial charge in [-0.3, -0.25) is 4.98 Å². The molecule has 0 saturated heterocycles. The summed E-state index contributed by atoms with van der Waals surface area (Å²) in [7, 11) is 1.85. The number of halogens is 3. The molecule has 1 atom stereocenters. The summed E-state index contributed by atoms with van der Waals surface area (Å²) in [6, 6.07) is 8.07. The second kappa shape index (κ2) is 6.33. The summed E-state index contributed by atoms with van der Waals surface area (Å²) >= 11 is 11.9. The summed E-state index contributed by atoms with van der Waals surface area (Å²) in [5.41, 5.74) is 1.74. The first-order valence-corrected chi connectivity index (χ1v) is 6.58. The Balaban J connectivity index is 2.21. The summed E-state index contributed by atoms with van der Waals surface area (Å²) in [5.74, 6) is -0.334. The van der Waals surface area contributed by atoms with Gasteiger partial charge in [-0.15, -0.1) is 0 Å². The molecule has 1 aromatic carbocycles. The zero-order valence-electron chi connectivity index (χ0n) is 10.3. The van der Waals surface area contributed by atoms with Crippen LogP contribution in [0.3, 0.4) is 0 Å².